The van der Waals surface area contributed by atoms with Crippen LogP contribution < -0.4 is 0 Å². The van der Waals surface area contributed by atoms with E-state index in [0.29, 0.717) is 0 Å². The van der Waals surface area contributed by atoms with Crippen LogP contribution in [0.15, 0.2) is 12.2 Å². The first kappa shape index (κ1) is 10.8. The van der Waals surface area contributed by atoms with E-state index in [1.165, 1.54) is 44.2 Å². The Morgan fingerprint density at radius 2 is 1.92 bits per heavy atom. The smallest absolute Gasteiger partial charge is 0.0190 e. The van der Waals surface area contributed by atoms with Gasteiger partial charge in [0.15, 0.2) is 0 Å². The Morgan fingerprint density at radius 3 is 2.38 bits per heavy atom. The summed E-state index contributed by atoms with van der Waals surface area (Å²) in [6, 6.07) is 0.843. The zero-order chi connectivity index (χ0) is 9.68. The van der Waals surface area contributed by atoms with Gasteiger partial charge in [-0.3, -0.25) is 4.90 Å². The third-order valence-electron chi connectivity index (χ3n) is 2.97. The van der Waals surface area contributed by atoms with Gasteiger partial charge in [-0.15, -0.1) is 0 Å². The minimum absolute atomic E-state index is 0.843. The molecule has 1 rings (SSSR count). The van der Waals surface area contributed by atoms with Gasteiger partial charge in [-0.25, -0.2) is 0 Å². The summed E-state index contributed by atoms with van der Waals surface area (Å²) in [4.78, 5) is 2.58. The summed E-state index contributed by atoms with van der Waals surface area (Å²) in [5, 5.41) is 0. The minimum Gasteiger partial charge on any atom is -0.297 e. The Morgan fingerprint density at radius 1 is 1.31 bits per heavy atom. The zero-order valence-corrected chi connectivity index (χ0v) is 9.18. The number of nitrogens with zero attached hydrogens (tertiary/aromatic N) is 1. The third-order valence-corrected chi connectivity index (χ3v) is 2.97. The molecule has 0 aromatic heterocycles. The molecule has 1 heteroatoms. The number of hydrogen-bond acceptors (Lipinski definition) is 1. The van der Waals surface area contributed by atoms with Crippen molar-refractivity contribution in [1.29, 1.82) is 0 Å². The summed E-state index contributed by atoms with van der Waals surface area (Å²) in [5.41, 5.74) is 1.30. The predicted molar refractivity (Wildman–Crippen MR) is 58.9 cm³/mol. The fourth-order valence-electron chi connectivity index (χ4n) is 2.29. The summed E-state index contributed by atoms with van der Waals surface area (Å²) < 4.78 is 0. The van der Waals surface area contributed by atoms with Gasteiger partial charge >= 0.3 is 0 Å². The first-order valence-corrected chi connectivity index (χ1v) is 5.62. The lowest BCUT2D eigenvalue weighted by atomic mass is 9.94. The molecule has 0 heterocycles. The Bertz CT molecular complexity index is 157. The lowest BCUT2D eigenvalue weighted by Crippen LogP contribution is -2.37. The third kappa shape index (κ3) is 3.51. The maximum absolute atomic E-state index is 4.00. The van der Waals surface area contributed by atoms with Crippen LogP contribution in [0.1, 0.15) is 46.0 Å². The summed E-state index contributed by atoms with van der Waals surface area (Å²) in [5.74, 6) is 0. The summed E-state index contributed by atoms with van der Waals surface area (Å²) in [6.45, 7) is 10.7. The van der Waals surface area contributed by atoms with Gasteiger partial charge < -0.3 is 0 Å². The fraction of sp³-hybridized carbons (Fsp3) is 0.833. The van der Waals surface area contributed by atoms with Crippen molar-refractivity contribution in [2.45, 2.75) is 52.0 Å². The monoisotopic (exact) mass is 181 g/mol. The van der Waals surface area contributed by atoms with Gasteiger partial charge in [-0.2, -0.15) is 0 Å². The van der Waals surface area contributed by atoms with Gasteiger partial charge in [0, 0.05) is 12.6 Å². The van der Waals surface area contributed by atoms with E-state index in [0.717, 1.165) is 12.6 Å². The average molecular weight is 181 g/mol. The maximum atomic E-state index is 4.00. The standard InChI is InChI=1S/C12H23N/c1-4-13(10-11(2)3)12-8-6-5-7-9-12/h12H,2,4-10H2,1,3H3. The molecule has 0 saturated heterocycles. The second-order valence-corrected chi connectivity index (χ2v) is 4.31. The van der Waals surface area contributed by atoms with Gasteiger partial charge in [-0.05, 0) is 26.3 Å². The highest BCUT2D eigenvalue weighted by molar-refractivity contribution is 4.93. The average Bonchev–Trinajstić information content (AvgIpc) is 2.15. The van der Waals surface area contributed by atoms with E-state index in [9.17, 15) is 0 Å². The van der Waals surface area contributed by atoms with Gasteiger partial charge in [0.25, 0.3) is 0 Å². The molecule has 0 spiro atoms. The molecule has 0 aromatic rings. The molecule has 0 unspecified atom stereocenters. The van der Waals surface area contributed by atoms with Crippen LogP contribution in [0.25, 0.3) is 0 Å². The SMILES string of the molecule is C=C(C)CN(CC)C1CCCCC1. The van der Waals surface area contributed by atoms with Crippen molar-refractivity contribution in [1.82, 2.24) is 4.90 Å². The number of likely N-dealkylation sites (N-methyl/N-ethyl adjacent to an activating group) is 1. The quantitative estimate of drug-likeness (QED) is 0.602. The number of hydrogen-bond donors (Lipinski definition) is 0. The minimum atomic E-state index is 0.843. The molecule has 0 atom stereocenters. The first-order valence-electron chi connectivity index (χ1n) is 5.62. The van der Waals surface area contributed by atoms with Crippen molar-refractivity contribution in [2.24, 2.45) is 0 Å². The molecule has 1 aliphatic rings. The highest BCUT2D eigenvalue weighted by atomic mass is 15.1. The Kier molecular flexibility index (Phi) is 4.51. The van der Waals surface area contributed by atoms with Crippen LogP contribution in [0.5, 0.6) is 0 Å². The predicted octanol–water partition coefficient (Wildman–Crippen LogP) is 3.22. The largest absolute Gasteiger partial charge is 0.297 e. The molecule has 1 nitrogen and oxygen atoms in total. The Hall–Kier alpha value is -0.300. The highest BCUT2D eigenvalue weighted by Crippen LogP contribution is 2.22. The molecule has 0 radical (unpaired) electrons. The normalized spacial score (nSPS) is 19.3. The lowest BCUT2D eigenvalue weighted by molar-refractivity contribution is 0.177. The van der Waals surface area contributed by atoms with Crippen molar-refractivity contribution in [3.63, 3.8) is 0 Å². The number of rotatable bonds is 4. The van der Waals surface area contributed by atoms with E-state index in [1.807, 2.05) is 0 Å². The van der Waals surface area contributed by atoms with Crippen molar-refractivity contribution in [2.75, 3.05) is 13.1 Å². The molecule has 0 bridgehead atoms. The van der Waals surface area contributed by atoms with Crippen LogP contribution in [0.4, 0.5) is 0 Å². The summed E-state index contributed by atoms with van der Waals surface area (Å²) in [7, 11) is 0. The van der Waals surface area contributed by atoms with Crippen molar-refractivity contribution in [3.05, 3.63) is 12.2 Å². The van der Waals surface area contributed by atoms with Gasteiger partial charge in [0.1, 0.15) is 0 Å². The topological polar surface area (TPSA) is 3.24 Å². The van der Waals surface area contributed by atoms with Crippen molar-refractivity contribution >= 4 is 0 Å². The first-order chi connectivity index (χ1) is 6.24. The lowest BCUT2D eigenvalue weighted by Gasteiger charge is -2.33. The molecule has 0 N–H and O–H groups in total. The molecule has 76 valence electrons. The molecule has 13 heavy (non-hydrogen) atoms. The highest BCUT2D eigenvalue weighted by Gasteiger charge is 2.19. The second-order valence-electron chi connectivity index (χ2n) is 4.31. The summed E-state index contributed by atoms with van der Waals surface area (Å²) >= 11 is 0. The molecular formula is C12H23N. The van der Waals surface area contributed by atoms with E-state index in [4.69, 9.17) is 0 Å². The molecule has 1 fully saturated rings. The van der Waals surface area contributed by atoms with E-state index in [-0.39, 0.29) is 0 Å². The Labute approximate surface area is 82.8 Å². The second kappa shape index (κ2) is 5.43. The van der Waals surface area contributed by atoms with E-state index < -0.39 is 0 Å². The van der Waals surface area contributed by atoms with Crippen LogP contribution in [-0.4, -0.2) is 24.0 Å². The molecule has 0 amide bonds. The molecule has 0 aliphatic heterocycles. The fourth-order valence-corrected chi connectivity index (χ4v) is 2.29. The van der Waals surface area contributed by atoms with Crippen LogP contribution in [0.3, 0.4) is 0 Å². The molecule has 1 saturated carbocycles. The van der Waals surface area contributed by atoms with Crippen molar-refractivity contribution < 1.29 is 0 Å². The van der Waals surface area contributed by atoms with E-state index in [1.54, 1.807) is 0 Å². The van der Waals surface area contributed by atoms with Crippen LogP contribution >= 0.6 is 0 Å². The van der Waals surface area contributed by atoms with Crippen LogP contribution in [0, 0.1) is 0 Å². The van der Waals surface area contributed by atoms with Gasteiger partial charge in [0.05, 0.1) is 0 Å². The summed E-state index contributed by atoms with van der Waals surface area (Å²) in [6.07, 6.45) is 7.11. The van der Waals surface area contributed by atoms with Crippen molar-refractivity contribution in [3.8, 4) is 0 Å². The van der Waals surface area contributed by atoms with Gasteiger partial charge in [0.2, 0.25) is 0 Å². The molecular weight excluding hydrogens is 158 g/mol. The van der Waals surface area contributed by atoms with Crippen LogP contribution in [0.2, 0.25) is 0 Å². The maximum Gasteiger partial charge on any atom is 0.0190 e. The zero-order valence-electron chi connectivity index (χ0n) is 9.18. The van der Waals surface area contributed by atoms with Gasteiger partial charge in [-0.1, -0.05) is 38.3 Å². The van der Waals surface area contributed by atoms with E-state index >= 15 is 0 Å². The molecule has 1 aliphatic carbocycles. The van der Waals surface area contributed by atoms with Crippen LogP contribution in [-0.2, 0) is 0 Å². The van der Waals surface area contributed by atoms with E-state index in [2.05, 4.69) is 25.3 Å². The molecule has 0 aromatic carbocycles. The Balaban J connectivity index is 2.39.